The summed E-state index contributed by atoms with van der Waals surface area (Å²) in [5.74, 6) is 0.144. The quantitative estimate of drug-likeness (QED) is 0.760. The number of hydrogen-bond acceptors (Lipinski definition) is 3. The smallest absolute Gasteiger partial charge is 0.126 e. The lowest BCUT2D eigenvalue weighted by Gasteiger charge is -2.44. The Bertz CT molecular complexity index is 273. The van der Waals surface area contributed by atoms with Crippen LogP contribution < -0.4 is 5.32 Å². The van der Waals surface area contributed by atoms with E-state index in [1.165, 1.54) is 0 Å². The molecule has 0 radical (unpaired) electrons. The molecule has 3 heterocycles. The highest BCUT2D eigenvalue weighted by Crippen LogP contribution is 2.43. The zero-order valence-electron chi connectivity index (χ0n) is 10.3. The molecule has 3 atom stereocenters. The lowest BCUT2D eigenvalue weighted by molar-refractivity contribution is -0.127. The SMILES string of the molecule is FC1(C2CCOC3(CCOC3)C2)CCCNC1. The van der Waals surface area contributed by atoms with Crippen molar-refractivity contribution in [1.82, 2.24) is 5.32 Å². The van der Waals surface area contributed by atoms with Crippen LogP contribution >= 0.6 is 0 Å². The summed E-state index contributed by atoms with van der Waals surface area (Å²) in [6.45, 7) is 3.61. The van der Waals surface area contributed by atoms with Crippen LogP contribution in [0, 0.1) is 5.92 Å². The van der Waals surface area contributed by atoms with Crippen molar-refractivity contribution in [1.29, 1.82) is 0 Å². The fourth-order valence-electron chi connectivity index (χ4n) is 3.57. The van der Waals surface area contributed by atoms with Crippen molar-refractivity contribution in [2.24, 2.45) is 5.92 Å². The minimum Gasteiger partial charge on any atom is -0.378 e. The Morgan fingerprint density at radius 3 is 2.88 bits per heavy atom. The van der Waals surface area contributed by atoms with Gasteiger partial charge in [-0.3, -0.25) is 0 Å². The molecule has 98 valence electrons. The second-order valence-electron chi connectivity index (χ2n) is 5.84. The molecule has 3 fully saturated rings. The molecule has 0 saturated carbocycles. The molecule has 17 heavy (non-hydrogen) atoms. The standard InChI is InChI=1S/C13H22FNO2/c14-13(3-1-5-15-9-13)11-2-6-17-12(8-11)4-7-16-10-12/h11,15H,1-10H2. The zero-order chi connectivity index (χ0) is 11.8. The highest BCUT2D eigenvalue weighted by Gasteiger charge is 2.49. The first kappa shape index (κ1) is 11.9. The predicted octanol–water partition coefficient (Wildman–Crippen LogP) is 1.66. The average molecular weight is 243 g/mol. The molecule has 3 nitrogen and oxygen atoms in total. The minimum atomic E-state index is -1.02. The molecule has 0 aromatic heterocycles. The lowest BCUT2D eigenvalue weighted by atomic mass is 9.73. The van der Waals surface area contributed by atoms with Gasteiger partial charge in [-0.25, -0.2) is 4.39 Å². The Balaban J connectivity index is 1.70. The summed E-state index contributed by atoms with van der Waals surface area (Å²) in [4.78, 5) is 0. The van der Waals surface area contributed by atoms with Gasteiger partial charge in [-0.05, 0) is 38.1 Å². The molecule has 0 aromatic carbocycles. The van der Waals surface area contributed by atoms with E-state index >= 15 is 0 Å². The molecule has 1 N–H and O–H groups in total. The summed E-state index contributed by atoms with van der Waals surface area (Å²) in [7, 11) is 0. The number of piperidine rings is 1. The molecule has 3 rings (SSSR count). The number of alkyl halides is 1. The molecule has 0 bridgehead atoms. The van der Waals surface area contributed by atoms with Crippen LogP contribution in [-0.4, -0.2) is 44.2 Å². The molecular weight excluding hydrogens is 221 g/mol. The van der Waals surface area contributed by atoms with E-state index in [-0.39, 0.29) is 11.5 Å². The molecule has 3 saturated heterocycles. The second kappa shape index (κ2) is 4.48. The molecule has 4 heteroatoms. The van der Waals surface area contributed by atoms with Gasteiger partial charge in [-0.1, -0.05) is 0 Å². The molecule has 1 spiro atoms. The van der Waals surface area contributed by atoms with E-state index in [0.717, 1.165) is 38.8 Å². The van der Waals surface area contributed by atoms with E-state index in [1.54, 1.807) is 0 Å². The van der Waals surface area contributed by atoms with Gasteiger partial charge in [-0.15, -0.1) is 0 Å². The number of nitrogens with one attached hydrogen (secondary N) is 1. The largest absolute Gasteiger partial charge is 0.378 e. The maximum atomic E-state index is 14.9. The van der Waals surface area contributed by atoms with Gasteiger partial charge in [0, 0.05) is 26.2 Å². The van der Waals surface area contributed by atoms with Gasteiger partial charge >= 0.3 is 0 Å². The molecule has 0 amide bonds. The number of rotatable bonds is 1. The van der Waals surface area contributed by atoms with Crippen LogP contribution in [0.15, 0.2) is 0 Å². The Hall–Kier alpha value is -0.190. The van der Waals surface area contributed by atoms with Gasteiger partial charge < -0.3 is 14.8 Å². The first-order valence-corrected chi connectivity index (χ1v) is 6.84. The Morgan fingerprint density at radius 2 is 2.18 bits per heavy atom. The summed E-state index contributed by atoms with van der Waals surface area (Å²) >= 11 is 0. The van der Waals surface area contributed by atoms with E-state index in [0.29, 0.717) is 26.2 Å². The summed E-state index contributed by atoms with van der Waals surface area (Å²) in [5.41, 5.74) is -1.18. The van der Waals surface area contributed by atoms with Crippen molar-refractivity contribution in [3.8, 4) is 0 Å². The Kier molecular flexibility index (Phi) is 3.13. The molecule has 3 aliphatic rings. The van der Waals surface area contributed by atoms with Crippen LogP contribution in [-0.2, 0) is 9.47 Å². The van der Waals surface area contributed by atoms with E-state index in [4.69, 9.17) is 9.47 Å². The van der Waals surface area contributed by atoms with E-state index in [1.807, 2.05) is 0 Å². The van der Waals surface area contributed by atoms with Crippen molar-refractivity contribution < 1.29 is 13.9 Å². The predicted molar refractivity (Wildman–Crippen MR) is 62.8 cm³/mol. The van der Waals surface area contributed by atoms with E-state index in [2.05, 4.69) is 5.32 Å². The van der Waals surface area contributed by atoms with Crippen LogP contribution in [0.4, 0.5) is 4.39 Å². The third-order valence-corrected chi connectivity index (χ3v) is 4.66. The van der Waals surface area contributed by atoms with Gasteiger partial charge in [0.15, 0.2) is 0 Å². The maximum Gasteiger partial charge on any atom is 0.126 e. The monoisotopic (exact) mass is 243 g/mol. The molecular formula is C13H22FNO2. The highest BCUT2D eigenvalue weighted by molar-refractivity contribution is 4.99. The Labute approximate surface area is 102 Å². The molecule has 0 aliphatic carbocycles. The fourth-order valence-corrected chi connectivity index (χ4v) is 3.57. The summed E-state index contributed by atoms with van der Waals surface area (Å²) in [6.07, 6.45) is 4.30. The van der Waals surface area contributed by atoms with Crippen molar-refractivity contribution in [2.45, 2.75) is 43.4 Å². The lowest BCUT2D eigenvalue weighted by Crippen LogP contribution is -2.53. The first-order chi connectivity index (χ1) is 8.23. The van der Waals surface area contributed by atoms with Crippen LogP contribution in [0.1, 0.15) is 32.1 Å². The fraction of sp³-hybridized carbons (Fsp3) is 1.00. The van der Waals surface area contributed by atoms with E-state index < -0.39 is 5.67 Å². The molecule has 3 aliphatic heterocycles. The normalized spacial score (nSPS) is 47.5. The van der Waals surface area contributed by atoms with Gasteiger partial charge in [0.1, 0.15) is 5.67 Å². The van der Waals surface area contributed by atoms with Gasteiger partial charge in [0.05, 0.1) is 12.2 Å². The summed E-state index contributed by atoms with van der Waals surface area (Å²) < 4.78 is 26.3. The van der Waals surface area contributed by atoms with Gasteiger partial charge in [-0.2, -0.15) is 0 Å². The second-order valence-corrected chi connectivity index (χ2v) is 5.84. The number of halogens is 1. The van der Waals surface area contributed by atoms with E-state index in [9.17, 15) is 4.39 Å². The van der Waals surface area contributed by atoms with Crippen LogP contribution in [0.25, 0.3) is 0 Å². The van der Waals surface area contributed by atoms with Crippen LogP contribution in [0.3, 0.4) is 0 Å². The van der Waals surface area contributed by atoms with Gasteiger partial charge in [0.2, 0.25) is 0 Å². The third-order valence-electron chi connectivity index (χ3n) is 4.66. The van der Waals surface area contributed by atoms with Crippen molar-refractivity contribution in [2.75, 3.05) is 32.9 Å². The van der Waals surface area contributed by atoms with Crippen molar-refractivity contribution in [3.05, 3.63) is 0 Å². The molecule has 0 aromatic rings. The average Bonchev–Trinajstić information content (AvgIpc) is 2.78. The zero-order valence-corrected chi connectivity index (χ0v) is 10.3. The molecule has 3 unspecified atom stereocenters. The third kappa shape index (κ3) is 2.23. The van der Waals surface area contributed by atoms with Crippen molar-refractivity contribution in [3.63, 3.8) is 0 Å². The minimum absolute atomic E-state index is 0.144. The summed E-state index contributed by atoms with van der Waals surface area (Å²) in [6, 6.07) is 0. The number of hydrogen-bond donors (Lipinski definition) is 1. The topological polar surface area (TPSA) is 30.5 Å². The first-order valence-electron chi connectivity index (χ1n) is 6.84. The van der Waals surface area contributed by atoms with Crippen LogP contribution in [0.2, 0.25) is 0 Å². The number of ether oxygens (including phenoxy) is 2. The van der Waals surface area contributed by atoms with Crippen molar-refractivity contribution >= 4 is 0 Å². The summed E-state index contributed by atoms with van der Waals surface area (Å²) in [5, 5.41) is 3.20. The highest BCUT2D eigenvalue weighted by atomic mass is 19.1. The van der Waals surface area contributed by atoms with Crippen LogP contribution in [0.5, 0.6) is 0 Å². The van der Waals surface area contributed by atoms with Gasteiger partial charge in [0.25, 0.3) is 0 Å². The Morgan fingerprint density at radius 1 is 1.24 bits per heavy atom. The maximum absolute atomic E-state index is 14.9.